The van der Waals surface area contributed by atoms with Crippen molar-refractivity contribution in [2.45, 2.75) is 6.92 Å². The molecule has 0 saturated carbocycles. The van der Waals surface area contributed by atoms with E-state index < -0.39 is 5.97 Å². The summed E-state index contributed by atoms with van der Waals surface area (Å²) in [4.78, 5) is 22.2. The van der Waals surface area contributed by atoms with Gasteiger partial charge in [-0.1, -0.05) is 15.9 Å². The number of anilines is 1. The van der Waals surface area contributed by atoms with Crippen molar-refractivity contribution in [2.24, 2.45) is 0 Å². The van der Waals surface area contributed by atoms with Gasteiger partial charge in [-0.05, 0) is 30.7 Å². The van der Waals surface area contributed by atoms with Gasteiger partial charge in [-0.3, -0.25) is 4.79 Å². The van der Waals surface area contributed by atoms with E-state index in [-0.39, 0.29) is 5.91 Å². The van der Waals surface area contributed by atoms with Gasteiger partial charge in [0.25, 0.3) is 0 Å². The molecule has 0 saturated heterocycles. The molecule has 4 nitrogen and oxygen atoms in total. The molecular weight excluding hydrogens is 286 g/mol. The van der Waals surface area contributed by atoms with E-state index in [1.54, 1.807) is 6.07 Å². The molecule has 1 N–H and O–H groups in total. The number of aryl methyl sites for hydroxylation is 1. The van der Waals surface area contributed by atoms with E-state index >= 15 is 0 Å². The van der Waals surface area contributed by atoms with Crippen molar-refractivity contribution in [1.29, 1.82) is 0 Å². The molecule has 0 aromatic heterocycles. The normalized spacial score (nSPS) is 10.3. The van der Waals surface area contributed by atoms with Gasteiger partial charge in [-0.2, -0.15) is 0 Å². The first-order valence-corrected chi connectivity index (χ1v) is 5.65. The number of methoxy groups -OCH3 is 1. The number of carbonyl (C=O) groups is 2. The van der Waals surface area contributed by atoms with Crippen LogP contribution >= 0.6 is 15.9 Å². The molecule has 17 heavy (non-hydrogen) atoms. The second-order valence-electron chi connectivity index (χ2n) is 3.31. The highest BCUT2D eigenvalue weighted by Gasteiger charge is 2.01. The summed E-state index contributed by atoms with van der Waals surface area (Å²) in [7, 11) is 1.25. The van der Waals surface area contributed by atoms with Gasteiger partial charge in [0.05, 0.1) is 7.11 Å². The van der Waals surface area contributed by atoms with Crippen LogP contribution in [0.4, 0.5) is 5.69 Å². The number of amides is 1. The van der Waals surface area contributed by atoms with Crippen LogP contribution in [0.3, 0.4) is 0 Å². The summed E-state index contributed by atoms with van der Waals surface area (Å²) in [5.41, 5.74) is 1.69. The minimum Gasteiger partial charge on any atom is -0.466 e. The van der Waals surface area contributed by atoms with Crippen LogP contribution in [0.2, 0.25) is 0 Å². The van der Waals surface area contributed by atoms with Crippen LogP contribution in [-0.2, 0) is 14.3 Å². The molecule has 90 valence electrons. The second kappa shape index (κ2) is 6.20. The number of hydrogen-bond acceptors (Lipinski definition) is 3. The SMILES string of the molecule is COC(=O)/C=C\C(=O)Nc1ccc(Br)c(C)c1. The molecule has 0 bridgehead atoms. The molecule has 1 rings (SSSR count). The minimum atomic E-state index is -0.563. The van der Waals surface area contributed by atoms with E-state index in [4.69, 9.17) is 0 Å². The number of halogens is 1. The van der Waals surface area contributed by atoms with Crippen molar-refractivity contribution in [3.8, 4) is 0 Å². The summed E-state index contributed by atoms with van der Waals surface area (Å²) < 4.78 is 5.35. The molecule has 0 aliphatic rings. The second-order valence-corrected chi connectivity index (χ2v) is 4.16. The predicted octanol–water partition coefficient (Wildman–Crippen LogP) is 2.43. The van der Waals surface area contributed by atoms with Crippen LogP contribution in [0.15, 0.2) is 34.8 Å². The highest BCUT2D eigenvalue weighted by atomic mass is 79.9. The van der Waals surface area contributed by atoms with E-state index in [0.29, 0.717) is 5.69 Å². The number of benzene rings is 1. The van der Waals surface area contributed by atoms with E-state index in [1.165, 1.54) is 7.11 Å². The summed E-state index contributed by atoms with van der Waals surface area (Å²) in [6.07, 6.45) is 2.20. The Balaban J connectivity index is 2.65. The van der Waals surface area contributed by atoms with E-state index in [9.17, 15) is 9.59 Å². The molecule has 0 heterocycles. The quantitative estimate of drug-likeness (QED) is 0.689. The fourth-order valence-electron chi connectivity index (χ4n) is 1.12. The lowest BCUT2D eigenvalue weighted by Crippen LogP contribution is -2.09. The molecule has 0 aliphatic heterocycles. The molecule has 1 amide bonds. The van der Waals surface area contributed by atoms with Gasteiger partial charge >= 0.3 is 5.97 Å². The molecule has 0 fully saturated rings. The standard InChI is InChI=1S/C12H12BrNO3/c1-8-7-9(3-4-10(8)13)14-11(15)5-6-12(16)17-2/h3-7H,1-2H3,(H,14,15)/b6-5-. The summed E-state index contributed by atoms with van der Waals surface area (Å²) >= 11 is 3.37. The van der Waals surface area contributed by atoms with Crippen LogP contribution in [0, 0.1) is 6.92 Å². The molecular formula is C12H12BrNO3. The number of rotatable bonds is 3. The Morgan fingerprint density at radius 1 is 1.35 bits per heavy atom. The lowest BCUT2D eigenvalue weighted by Gasteiger charge is -2.04. The third-order valence-corrected chi connectivity index (χ3v) is 2.89. The van der Waals surface area contributed by atoms with E-state index in [0.717, 1.165) is 22.2 Å². The van der Waals surface area contributed by atoms with Crippen molar-refractivity contribution in [2.75, 3.05) is 12.4 Å². The van der Waals surface area contributed by atoms with Crippen LogP contribution < -0.4 is 5.32 Å². The van der Waals surface area contributed by atoms with Gasteiger partial charge in [-0.25, -0.2) is 4.79 Å². The molecule has 0 radical (unpaired) electrons. The van der Waals surface area contributed by atoms with Crippen LogP contribution in [0.5, 0.6) is 0 Å². The van der Waals surface area contributed by atoms with Crippen LogP contribution in [-0.4, -0.2) is 19.0 Å². The number of hydrogen-bond donors (Lipinski definition) is 1. The van der Waals surface area contributed by atoms with Crippen molar-refractivity contribution in [3.05, 3.63) is 40.4 Å². The lowest BCUT2D eigenvalue weighted by atomic mass is 10.2. The molecule has 1 aromatic rings. The average Bonchev–Trinajstić information content (AvgIpc) is 2.31. The first-order valence-electron chi connectivity index (χ1n) is 4.86. The topological polar surface area (TPSA) is 55.4 Å². The maximum atomic E-state index is 11.4. The van der Waals surface area contributed by atoms with Gasteiger partial charge in [-0.15, -0.1) is 0 Å². The monoisotopic (exact) mass is 297 g/mol. The summed E-state index contributed by atoms with van der Waals surface area (Å²) in [5, 5.41) is 2.64. The minimum absolute atomic E-state index is 0.378. The maximum absolute atomic E-state index is 11.4. The zero-order valence-corrected chi connectivity index (χ0v) is 11.1. The first-order chi connectivity index (χ1) is 8.02. The average molecular weight is 298 g/mol. The van der Waals surface area contributed by atoms with Crippen molar-refractivity contribution in [1.82, 2.24) is 0 Å². The molecule has 0 spiro atoms. The van der Waals surface area contributed by atoms with E-state index in [1.807, 2.05) is 19.1 Å². The smallest absolute Gasteiger partial charge is 0.330 e. The number of esters is 1. The fraction of sp³-hybridized carbons (Fsp3) is 0.167. The lowest BCUT2D eigenvalue weighted by molar-refractivity contribution is -0.135. The van der Waals surface area contributed by atoms with Gasteiger partial charge in [0.2, 0.25) is 5.91 Å². The summed E-state index contributed by atoms with van der Waals surface area (Å²) in [6, 6.07) is 5.43. The van der Waals surface area contributed by atoms with Gasteiger partial charge in [0, 0.05) is 22.3 Å². The number of nitrogens with one attached hydrogen (secondary N) is 1. The molecule has 0 atom stereocenters. The summed E-state index contributed by atoms with van der Waals surface area (Å²) in [5.74, 6) is -0.941. The predicted molar refractivity (Wildman–Crippen MR) is 68.7 cm³/mol. The van der Waals surface area contributed by atoms with E-state index in [2.05, 4.69) is 26.0 Å². The van der Waals surface area contributed by atoms with Crippen molar-refractivity contribution < 1.29 is 14.3 Å². The van der Waals surface area contributed by atoms with Crippen LogP contribution in [0.1, 0.15) is 5.56 Å². The summed E-state index contributed by atoms with van der Waals surface area (Å²) in [6.45, 7) is 1.92. The number of carbonyl (C=O) groups excluding carboxylic acids is 2. The van der Waals surface area contributed by atoms with Gasteiger partial charge in [0.15, 0.2) is 0 Å². The Kier molecular flexibility index (Phi) is 4.90. The highest BCUT2D eigenvalue weighted by Crippen LogP contribution is 2.19. The largest absolute Gasteiger partial charge is 0.466 e. The maximum Gasteiger partial charge on any atom is 0.330 e. The number of ether oxygens (including phenoxy) is 1. The zero-order chi connectivity index (χ0) is 12.8. The van der Waals surface area contributed by atoms with Crippen molar-refractivity contribution in [3.63, 3.8) is 0 Å². The van der Waals surface area contributed by atoms with Crippen LogP contribution in [0.25, 0.3) is 0 Å². The first kappa shape index (κ1) is 13.4. The highest BCUT2D eigenvalue weighted by molar-refractivity contribution is 9.10. The molecule has 0 unspecified atom stereocenters. The molecule has 1 aromatic carbocycles. The fourth-order valence-corrected chi connectivity index (χ4v) is 1.36. The third kappa shape index (κ3) is 4.40. The van der Waals surface area contributed by atoms with Gasteiger partial charge < -0.3 is 10.1 Å². The zero-order valence-electron chi connectivity index (χ0n) is 9.49. The Bertz CT molecular complexity index is 469. The Morgan fingerprint density at radius 2 is 2.06 bits per heavy atom. The third-order valence-electron chi connectivity index (χ3n) is 2.00. The Morgan fingerprint density at radius 3 is 2.65 bits per heavy atom. The Labute approximate surface area is 108 Å². The Hall–Kier alpha value is -1.62. The molecule has 5 heteroatoms. The van der Waals surface area contributed by atoms with Gasteiger partial charge in [0.1, 0.15) is 0 Å². The molecule has 0 aliphatic carbocycles. The van der Waals surface area contributed by atoms with Crippen molar-refractivity contribution >= 4 is 33.5 Å².